The molecule has 2 spiro atoms. The second kappa shape index (κ2) is 14.5. The molecule has 7 rings (SSSR count). The number of aliphatic hydroxyl groups is 8. The van der Waals surface area contributed by atoms with E-state index < -0.39 is 74.1 Å². The van der Waals surface area contributed by atoms with Crippen LogP contribution in [0.2, 0.25) is 0 Å². The van der Waals surface area contributed by atoms with E-state index in [9.17, 15) is 40.9 Å². The average Bonchev–Trinajstić information content (AvgIpc) is 3.73. The molecule has 0 aromatic heterocycles. The number of rotatable bonds is 10. The summed E-state index contributed by atoms with van der Waals surface area (Å²) < 4.78 is 24.2. The molecule has 310 valence electrons. The summed E-state index contributed by atoms with van der Waals surface area (Å²) in [5.74, 6) is 1.77. The summed E-state index contributed by atoms with van der Waals surface area (Å²) in [5.41, 5.74) is 1.68. The Morgan fingerprint density at radius 1 is 0.759 bits per heavy atom. The third-order valence-electron chi connectivity index (χ3n) is 17.5. The zero-order chi connectivity index (χ0) is 39.3. The van der Waals surface area contributed by atoms with Crippen LogP contribution in [0.15, 0.2) is 11.6 Å². The molecule has 0 radical (unpaired) electrons. The Morgan fingerprint density at radius 2 is 1.41 bits per heavy atom. The van der Waals surface area contributed by atoms with E-state index in [1.807, 2.05) is 13.0 Å². The van der Waals surface area contributed by atoms with Gasteiger partial charge < -0.3 is 59.8 Å². The van der Waals surface area contributed by atoms with Gasteiger partial charge in [0.2, 0.25) is 0 Å². The average molecular weight is 767 g/mol. The van der Waals surface area contributed by atoms with E-state index in [0.29, 0.717) is 29.6 Å². The molecule has 7 aliphatic rings. The highest BCUT2D eigenvalue weighted by molar-refractivity contribution is 5.30. The van der Waals surface area contributed by atoms with Gasteiger partial charge in [0.25, 0.3) is 0 Å². The monoisotopic (exact) mass is 766 g/mol. The molecule has 8 N–H and O–H groups in total. The van der Waals surface area contributed by atoms with E-state index in [-0.39, 0.29) is 40.3 Å². The van der Waals surface area contributed by atoms with E-state index in [4.69, 9.17) is 18.9 Å². The van der Waals surface area contributed by atoms with E-state index >= 15 is 0 Å². The minimum absolute atomic E-state index is 0.0299. The van der Waals surface area contributed by atoms with Crippen LogP contribution in [0.5, 0.6) is 0 Å². The fourth-order valence-corrected chi connectivity index (χ4v) is 14.1. The molecule has 12 nitrogen and oxygen atoms in total. The second-order valence-electron chi connectivity index (χ2n) is 20.0. The van der Waals surface area contributed by atoms with Gasteiger partial charge in [-0.25, -0.2) is 0 Å². The van der Waals surface area contributed by atoms with Crippen LogP contribution in [0.25, 0.3) is 0 Å². The molecule has 0 aromatic carbocycles. The highest BCUT2D eigenvalue weighted by Crippen LogP contribution is 2.89. The lowest BCUT2D eigenvalue weighted by Gasteiger charge is -2.63. The molecule has 5 aliphatic carbocycles. The van der Waals surface area contributed by atoms with Gasteiger partial charge in [-0.15, -0.1) is 0 Å². The predicted octanol–water partition coefficient (Wildman–Crippen LogP) is 2.79. The highest BCUT2D eigenvalue weighted by atomic mass is 16.7. The molecule has 2 saturated heterocycles. The van der Waals surface area contributed by atoms with Crippen LogP contribution in [-0.2, 0) is 18.9 Å². The zero-order valence-corrected chi connectivity index (χ0v) is 33.5. The Morgan fingerprint density at radius 3 is 2.09 bits per heavy atom. The normalized spacial score (nSPS) is 53.8. The molecule has 12 heteroatoms. The summed E-state index contributed by atoms with van der Waals surface area (Å²) >= 11 is 0. The maximum Gasteiger partial charge on any atom is 0.187 e. The topological polar surface area (TPSA) is 199 Å². The van der Waals surface area contributed by atoms with Gasteiger partial charge >= 0.3 is 0 Å². The standard InChI is InChI=1S/C42H70O12/c1-21(18-43)8-9-25(45)22(2)24-12-14-40(7)28-11-10-27-38(4,5)29(13-15-41(27)20-42(28,41)17-16-39(24,40)6)53-36-34(50)32(48)35(23(3)51-36)54-37-33(49)31(47)30(46)26(19-44)52-37/h8,22-37,43-50H,9-20H2,1-7H3/b21-8-/t22-,23+,24+,25-,26+,27-,28-,29-,30+,31-,32+,33+,34+,35-,36-,37-,39+,40-,41+,42-/m0/s1. The second-order valence-corrected chi connectivity index (χ2v) is 20.0. The molecular formula is C42H70O12. The van der Waals surface area contributed by atoms with Gasteiger partial charge in [-0.3, -0.25) is 0 Å². The fraction of sp³-hybridized carbons (Fsp3) is 0.952. The number of hydrogen-bond donors (Lipinski definition) is 8. The van der Waals surface area contributed by atoms with Gasteiger partial charge in [0.15, 0.2) is 12.6 Å². The zero-order valence-electron chi connectivity index (χ0n) is 33.5. The van der Waals surface area contributed by atoms with Gasteiger partial charge in [0, 0.05) is 0 Å². The van der Waals surface area contributed by atoms with Crippen molar-refractivity contribution >= 4 is 0 Å². The van der Waals surface area contributed by atoms with Gasteiger partial charge in [0.1, 0.15) is 42.7 Å². The minimum Gasteiger partial charge on any atom is -0.394 e. The summed E-state index contributed by atoms with van der Waals surface area (Å²) in [7, 11) is 0. The molecule has 0 amide bonds. The molecule has 7 fully saturated rings. The Labute approximate surface area is 321 Å². The first-order chi connectivity index (χ1) is 25.3. The van der Waals surface area contributed by atoms with Crippen molar-refractivity contribution in [1.29, 1.82) is 0 Å². The van der Waals surface area contributed by atoms with Crippen LogP contribution in [0.4, 0.5) is 0 Å². The fourth-order valence-electron chi connectivity index (χ4n) is 14.1. The molecule has 20 atom stereocenters. The molecule has 2 aliphatic heterocycles. The molecule has 5 saturated carbocycles. The van der Waals surface area contributed by atoms with Gasteiger partial charge in [-0.2, -0.15) is 0 Å². The first-order valence-corrected chi connectivity index (χ1v) is 20.9. The van der Waals surface area contributed by atoms with Crippen molar-refractivity contribution in [1.82, 2.24) is 0 Å². The van der Waals surface area contributed by atoms with Gasteiger partial charge in [-0.05, 0) is 129 Å². The van der Waals surface area contributed by atoms with E-state index in [1.54, 1.807) is 6.92 Å². The van der Waals surface area contributed by atoms with Crippen LogP contribution in [0.3, 0.4) is 0 Å². The number of ether oxygens (including phenoxy) is 4. The first-order valence-electron chi connectivity index (χ1n) is 20.9. The summed E-state index contributed by atoms with van der Waals surface area (Å²) in [6.07, 6.45) is -1.17. The Kier molecular flexibility index (Phi) is 11.1. The SMILES string of the molecule is C/C(=C/C[C@H](O)[C@@H](C)[C@H]1CC[C@@]2(C)[C@@H]3CC[C@H]4C(C)(C)[C@@H](O[C@@H]5O[C@H](C)[C@H](O[C@@H]6O[C@H](CO)[C@@H](O)[C@H](O)[C@H]6O)[C@H](O)[C@H]5O)CC[C@@]45C[C@@]35CC[C@]12C)CO. The van der Waals surface area contributed by atoms with Crippen molar-refractivity contribution in [3.8, 4) is 0 Å². The van der Waals surface area contributed by atoms with Crippen LogP contribution in [0, 0.1) is 50.7 Å². The lowest BCUT2D eigenvalue weighted by molar-refractivity contribution is -0.363. The Hall–Kier alpha value is -0.740. The molecule has 0 aromatic rings. The van der Waals surface area contributed by atoms with Crippen LogP contribution < -0.4 is 0 Å². The first kappa shape index (κ1) is 41.4. The molecule has 0 bridgehead atoms. The smallest absolute Gasteiger partial charge is 0.187 e. The minimum atomic E-state index is -1.65. The van der Waals surface area contributed by atoms with Crippen molar-refractivity contribution in [2.75, 3.05) is 13.2 Å². The molecule has 0 unspecified atom stereocenters. The maximum atomic E-state index is 11.3. The predicted molar refractivity (Wildman–Crippen MR) is 197 cm³/mol. The van der Waals surface area contributed by atoms with Crippen molar-refractivity contribution < 1.29 is 59.8 Å². The number of fused-ring (bicyclic) bond motifs is 2. The summed E-state index contributed by atoms with van der Waals surface area (Å²) in [6.45, 7) is 15.0. The van der Waals surface area contributed by atoms with E-state index in [0.717, 1.165) is 31.3 Å². The third-order valence-corrected chi connectivity index (χ3v) is 17.5. The van der Waals surface area contributed by atoms with Crippen LogP contribution >= 0.6 is 0 Å². The van der Waals surface area contributed by atoms with Crippen LogP contribution in [-0.4, -0.2) is 128 Å². The van der Waals surface area contributed by atoms with Gasteiger partial charge in [0.05, 0.1) is 31.5 Å². The summed E-state index contributed by atoms with van der Waals surface area (Å²) in [4.78, 5) is 0. The number of hydrogen-bond acceptors (Lipinski definition) is 12. The van der Waals surface area contributed by atoms with E-state index in [2.05, 4.69) is 34.6 Å². The quantitative estimate of drug-likeness (QED) is 0.120. The van der Waals surface area contributed by atoms with E-state index in [1.165, 1.54) is 32.1 Å². The molecule has 2 heterocycles. The molecule has 54 heavy (non-hydrogen) atoms. The van der Waals surface area contributed by atoms with Crippen molar-refractivity contribution in [3.63, 3.8) is 0 Å². The summed E-state index contributed by atoms with van der Waals surface area (Å²) in [5, 5.41) is 83.8. The summed E-state index contributed by atoms with van der Waals surface area (Å²) in [6, 6.07) is 0. The largest absolute Gasteiger partial charge is 0.394 e. The number of aliphatic hydroxyl groups excluding tert-OH is 8. The van der Waals surface area contributed by atoms with Crippen molar-refractivity contribution in [2.24, 2.45) is 50.7 Å². The highest BCUT2D eigenvalue weighted by Gasteiger charge is 2.82. The molecular weight excluding hydrogens is 696 g/mol. The Balaban J connectivity index is 1.01. The van der Waals surface area contributed by atoms with Gasteiger partial charge in [-0.1, -0.05) is 46.3 Å². The third kappa shape index (κ3) is 6.05. The lowest BCUT2D eigenvalue weighted by Crippen LogP contribution is -2.64. The Bertz CT molecular complexity index is 1390. The maximum absolute atomic E-state index is 11.3. The van der Waals surface area contributed by atoms with Crippen LogP contribution in [0.1, 0.15) is 113 Å². The van der Waals surface area contributed by atoms with Crippen molar-refractivity contribution in [3.05, 3.63) is 11.6 Å². The van der Waals surface area contributed by atoms with Crippen molar-refractivity contribution in [2.45, 2.75) is 186 Å². The lowest BCUT2D eigenvalue weighted by atomic mass is 9.41.